The predicted molar refractivity (Wildman–Crippen MR) is 66.5 cm³/mol. The van der Waals surface area contributed by atoms with E-state index in [9.17, 15) is 0 Å². The Kier molecular flexibility index (Phi) is 3.75. The minimum Gasteiger partial charge on any atom is -0.372 e. The van der Waals surface area contributed by atoms with Gasteiger partial charge in [0.15, 0.2) is 0 Å². The number of nitrogens with one attached hydrogen (secondary N) is 1. The van der Waals surface area contributed by atoms with Gasteiger partial charge in [0.1, 0.15) is 0 Å². The van der Waals surface area contributed by atoms with Gasteiger partial charge in [0, 0.05) is 13.1 Å². The van der Waals surface area contributed by atoms with Crippen LogP contribution in [-0.2, 0) is 11.2 Å². The molecule has 0 unspecified atom stereocenters. The van der Waals surface area contributed by atoms with Gasteiger partial charge in [-0.2, -0.15) is 0 Å². The molecule has 86 valence electrons. The smallest absolute Gasteiger partial charge is 0.0952 e. The Labute approximate surface area is 97.3 Å². The van der Waals surface area contributed by atoms with Gasteiger partial charge < -0.3 is 10.1 Å². The van der Waals surface area contributed by atoms with E-state index >= 15 is 0 Å². The zero-order chi connectivity index (χ0) is 11.4. The molecule has 0 bridgehead atoms. The number of fused-ring (bicyclic) bond motifs is 1. The lowest BCUT2D eigenvalue weighted by Crippen LogP contribution is -2.28. The summed E-state index contributed by atoms with van der Waals surface area (Å²) < 4.78 is 5.79. The van der Waals surface area contributed by atoms with Crippen molar-refractivity contribution in [3.8, 4) is 0 Å². The summed E-state index contributed by atoms with van der Waals surface area (Å²) in [5.74, 6) is 0. The van der Waals surface area contributed by atoms with E-state index in [1.165, 1.54) is 11.1 Å². The molecule has 0 radical (unpaired) electrons. The predicted octanol–water partition coefficient (Wildman–Crippen LogP) is 2.47. The van der Waals surface area contributed by atoms with Crippen LogP contribution in [-0.4, -0.2) is 19.7 Å². The lowest BCUT2D eigenvalue weighted by molar-refractivity contribution is 0.0431. The van der Waals surface area contributed by atoms with Crippen molar-refractivity contribution >= 4 is 0 Å². The highest BCUT2D eigenvalue weighted by molar-refractivity contribution is 5.31. The van der Waals surface area contributed by atoms with Crippen LogP contribution in [0.3, 0.4) is 0 Å². The summed E-state index contributed by atoms with van der Waals surface area (Å²) in [5, 5.41) is 3.37. The number of hydrogen-bond donors (Lipinski definition) is 1. The molecule has 0 amide bonds. The topological polar surface area (TPSA) is 21.3 Å². The largest absolute Gasteiger partial charge is 0.372 e. The normalized spacial score (nSPS) is 19.2. The standard InChI is InChI=1S/C14H19NO/c1-11(2)9-15-10-14-13-6-4-3-5-12(13)7-8-16-14/h3-6,14-15H,1,7-10H2,2H3/t14-/m0/s1. The lowest BCUT2D eigenvalue weighted by Gasteiger charge is -2.26. The lowest BCUT2D eigenvalue weighted by atomic mass is 9.97. The van der Waals surface area contributed by atoms with Crippen LogP contribution in [0.1, 0.15) is 24.2 Å². The van der Waals surface area contributed by atoms with E-state index in [1.54, 1.807) is 0 Å². The van der Waals surface area contributed by atoms with E-state index in [0.717, 1.165) is 31.7 Å². The third kappa shape index (κ3) is 2.71. The summed E-state index contributed by atoms with van der Waals surface area (Å²) in [7, 11) is 0. The maximum absolute atomic E-state index is 5.79. The van der Waals surface area contributed by atoms with Crippen LogP contribution >= 0.6 is 0 Å². The van der Waals surface area contributed by atoms with Gasteiger partial charge in [0.05, 0.1) is 12.7 Å². The molecule has 0 aromatic heterocycles. The molecule has 16 heavy (non-hydrogen) atoms. The molecule has 1 heterocycles. The molecular weight excluding hydrogens is 198 g/mol. The highest BCUT2D eigenvalue weighted by atomic mass is 16.5. The van der Waals surface area contributed by atoms with Gasteiger partial charge in [-0.1, -0.05) is 36.4 Å². The highest BCUT2D eigenvalue weighted by Crippen LogP contribution is 2.26. The van der Waals surface area contributed by atoms with Crippen LogP contribution in [0.5, 0.6) is 0 Å². The van der Waals surface area contributed by atoms with Crippen LogP contribution in [0.4, 0.5) is 0 Å². The van der Waals surface area contributed by atoms with E-state index in [1.807, 2.05) is 6.92 Å². The monoisotopic (exact) mass is 217 g/mol. The van der Waals surface area contributed by atoms with Crippen molar-refractivity contribution < 1.29 is 4.74 Å². The molecule has 2 rings (SSSR count). The quantitative estimate of drug-likeness (QED) is 0.782. The summed E-state index contributed by atoms with van der Waals surface area (Å²) in [4.78, 5) is 0. The van der Waals surface area contributed by atoms with Gasteiger partial charge in [-0.15, -0.1) is 0 Å². The second-order valence-corrected chi connectivity index (χ2v) is 4.40. The average molecular weight is 217 g/mol. The molecule has 0 saturated heterocycles. The van der Waals surface area contributed by atoms with E-state index in [4.69, 9.17) is 4.74 Å². The van der Waals surface area contributed by atoms with Gasteiger partial charge in [0.2, 0.25) is 0 Å². The van der Waals surface area contributed by atoms with E-state index in [0.29, 0.717) is 0 Å². The molecule has 1 aromatic carbocycles. The first-order valence-corrected chi connectivity index (χ1v) is 5.82. The van der Waals surface area contributed by atoms with E-state index < -0.39 is 0 Å². The molecule has 0 aliphatic carbocycles. The van der Waals surface area contributed by atoms with E-state index in [2.05, 4.69) is 36.2 Å². The Balaban J connectivity index is 1.99. The SMILES string of the molecule is C=C(C)CNC[C@@H]1OCCc2ccccc21. The second-order valence-electron chi connectivity index (χ2n) is 4.40. The maximum Gasteiger partial charge on any atom is 0.0952 e. The summed E-state index contributed by atoms with van der Waals surface area (Å²) in [6, 6.07) is 8.55. The van der Waals surface area contributed by atoms with Crippen LogP contribution in [0.25, 0.3) is 0 Å². The van der Waals surface area contributed by atoms with Crippen molar-refractivity contribution in [3.05, 3.63) is 47.5 Å². The Hall–Kier alpha value is -1.12. The summed E-state index contributed by atoms with van der Waals surface area (Å²) >= 11 is 0. The van der Waals surface area contributed by atoms with Crippen molar-refractivity contribution in [2.45, 2.75) is 19.4 Å². The van der Waals surface area contributed by atoms with Crippen molar-refractivity contribution in [1.29, 1.82) is 0 Å². The fourth-order valence-corrected chi connectivity index (χ4v) is 2.06. The van der Waals surface area contributed by atoms with Crippen LogP contribution in [0.15, 0.2) is 36.4 Å². The zero-order valence-corrected chi connectivity index (χ0v) is 9.83. The average Bonchev–Trinajstić information content (AvgIpc) is 2.29. The Morgan fingerprint density at radius 2 is 2.31 bits per heavy atom. The Morgan fingerprint density at radius 1 is 1.50 bits per heavy atom. The van der Waals surface area contributed by atoms with Gasteiger partial charge in [-0.05, 0) is 24.5 Å². The molecule has 2 nitrogen and oxygen atoms in total. The van der Waals surface area contributed by atoms with Gasteiger partial charge in [-0.25, -0.2) is 0 Å². The van der Waals surface area contributed by atoms with Crippen LogP contribution < -0.4 is 5.32 Å². The fraction of sp³-hybridized carbons (Fsp3) is 0.429. The molecule has 1 atom stereocenters. The number of benzene rings is 1. The van der Waals surface area contributed by atoms with Crippen LogP contribution in [0.2, 0.25) is 0 Å². The van der Waals surface area contributed by atoms with E-state index in [-0.39, 0.29) is 6.10 Å². The molecule has 1 aromatic rings. The van der Waals surface area contributed by atoms with Crippen molar-refractivity contribution in [1.82, 2.24) is 5.32 Å². The zero-order valence-electron chi connectivity index (χ0n) is 9.83. The minimum absolute atomic E-state index is 0.198. The molecule has 0 fully saturated rings. The van der Waals surface area contributed by atoms with Gasteiger partial charge >= 0.3 is 0 Å². The molecule has 1 aliphatic heterocycles. The van der Waals surface area contributed by atoms with Crippen molar-refractivity contribution in [2.24, 2.45) is 0 Å². The maximum atomic E-state index is 5.79. The molecule has 1 N–H and O–H groups in total. The number of ether oxygens (including phenoxy) is 1. The third-order valence-corrected chi connectivity index (χ3v) is 2.85. The first-order chi connectivity index (χ1) is 7.77. The molecule has 1 aliphatic rings. The fourth-order valence-electron chi connectivity index (χ4n) is 2.06. The molecule has 0 spiro atoms. The third-order valence-electron chi connectivity index (χ3n) is 2.85. The highest BCUT2D eigenvalue weighted by Gasteiger charge is 2.19. The molecule has 2 heteroatoms. The minimum atomic E-state index is 0.198. The number of hydrogen-bond acceptors (Lipinski definition) is 2. The second kappa shape index (κ2) is 5.28. The number of rotatable bonds is 4. The Morgan fingerprint density at radius 3 is 3.12 bits per heavy atom. The van der Waals surface area contributed by atoms with Crippen molar-refractivity contribution in [3.63, 3.8) is 0 Å². The first kappa shape index (κ1) is 11.4. The van der Waals surface area contributed by atoms with Crippen molar-refractivity contribution in [2.75, 3.05) is 19.7 Å². The summed E-state index contributed by atoms with van der Waals surface area (Å²) in [6.45, 7) is 8.47. The Bertz CT molecular complexity index is 373. The summed E-state index contributed by atoms with van der Waals surface area (Å²) in [6.07, 6.45) is 1.23. The molecule has 0 saturated carbocycles. The van der Waals surface area contributed by atoms with Gasteiger partial charge in [-0.3, -0.25) is 0 Å². The summed E-state index contributed by atoms with van der Waals surface area (Å²) in [5.41, 5.74) is 3.92. The van der Waals surface area contributed by atoms with Crippen LogP contribution in [0, 0.1) is 0 Å². The first-order valence-electron chi connectivity index (χ1n) is 5.82. The molecular formula is C14H19NO. The van der Waals surface area contributed by atoms with Gasteiger partial charge in [0.25, 0.3) is 0 Å².